The van der Waals surface area contributed by atoms with Gasteiger partial charge < -0.3 is 15.1 Å². The van der Waals surface area contributed by atoms with Gasteiger partial charge in [-0.15, -0.1) is 0 Å². The Morgan fingerprint density at radius 3 is 2.59 bits per heavy atom. The van der Waals surface area contributed by atoms with Crippen LogP contribution >= 0.6 is 0 Å². The SMILES string of the molecule is Cc1[nH]c2c(ccc3[nH]c(=O)cc(C(F)(F)F)c32)c1CCO. The van der Waals surface area contributed by atoms with E-state index in [2.05, 4.69) is 9.97 Å². The third-order valence-electron chi connectivity index (χ3n) is 3.77. The van der Waals surface area contributed by atoms with Crippen molar-refractivity contribution < 1.29 is 18.3 Å². The maximum atomic E-state index is 13.3. The second-order valence-corrected chi connectivity index (χ2v) is 5.16. The molecule has 0 radical (unpaired) electrons. The van der Waals surface area contributed by atoms with Gasteiger partial charge >= 0.3 is 6.18 Å². The fraction of sp³-hybridized carbons (Fsp3) is 0.267. The maximum Gasteiger partial charge on any atom is 0.417 e. The first-order valence-corrected chi connectivity index (χ1v) is 6.68. The van der Waals surface area contributed by atoms with Crippen molar-refractivity contribution in [1.82, 2.24) is 9.97 Å². The number of hydrogen-bond acceptors (Lipinski definition) is 2. The van der Waals surface area contributed by atoms with Crippen LogP contribution in [-0.4, -0.2) is 21.7 Å². The van der Waals surface area contributed by atoms with E-state index in [9.17, 15) is 18.0 Å². The molecule has 0 aliphatic rings. The molecule has 2 heterocycles. The summed E-state index contributed by atoms with van der Waals surface area (Å²) in [6.07, 6.45) is -4.28. The van der Waals surface area contributed by atoms with Gasteiger partial charge in [0, 0.05) is 29.1 Å². The summed E-state index contributed by atoms with van der Waals surface area (Å²) in [6, 6.07) is 3.69. The highest BCUT2D eigenvalue weighted by molar-refractivity contribution is 6.07. The maximum absolute atomic E-state index is 13.3. The zero-order valence-corrected chi connectivity index (χ0v) is 11.6. The monoisotopic (exact) mass is 310 g/mol. The zero-order valence-electron chi connectivity index (χ0n) is 11.6. The van der Waals surface area contributed by atoms with Crippen LogP contribution in [0, 0.1) is 6.92 Å². The Balaban J connectivity index is 2.50. The fourth-order valence-corrected chi connectivity index (χ4v) is 2.86. The summed E-state index contributed by atoms with van der Waals surface area (Å²) in [5.41, 5.74) is 0.174. The number of aliphatic hydroxyl groups is 1. The molecule has 0 aliphatic carbocycles. The number of hydrogen-bond donors (Lipinski definition) is 3. The van der Waals surface area contributed by atoms with E-state index in [0.717, 1.165) is 5.56 Å². The number of alkyl halides is 3. The molecule has 0 saturated carbocycles. The van der Waals surface area contributed by atoms with Crippen molar-refractivity contribution in [2.24, 2.45) is 0 Å². The molecule has 0 fully saturated rings. The molecule has 7 heteroatoms. The molecule has 3 aromatic rings. The molecule has 0 bridgehead atoms. The first-order chi connectivity index (χ1) is 10.3. The highest BCUT2D eigenvalue weighted by Crippen LogP contribution is 2.37. The van der Waals surface area contributed by atoms with Gasteiger partial charge in [0.15, 0.2) is 0 Å². The lowest BCUT2D eigenvalue weighted by Gasteiger charge is -2.11. The Bertz CT molecular complexity index is 922. The Hall–Kier alpha value is -2.28. The minimum atomic E-state index is -4.63. The number of nitrogens with one attached hydrogen (secondary N) is 2. The number of aliphatic hydroxyl groups excluding tert-OH is 1. The lowest BCUT2D eigenvalue weighted by Crippen LogP contribution is -2.14. The van der Waals surface area contributed by atoms with Gasteiger partial charge in [0.25, 0.3) is 0 Å². The summed E-state index contributed by atoms with van der Waals surface area (Å²) < 4.78 is 39.8. The standard InChI is InChI=1S/C15H13F3N2O2/c1-7-8(4-5-21)9-2-3-11-13(14(9)19-7)10(15(16,17)18)6-12(22)20-11/h2-3,6,19,21H,4-5H2,1H3,(H,20,22). The molecule has 0 aliphatic heterocycles. The molecule has 2 aromatic heterocycles. The smallest absolute Gasteiger partial charge is 0.396 e. The number of H-pyrrole nitrogens is 2. The fourth-order valence-electron chi connectivity index (χ4n) is 2.86. The molecule has 4 nitrogen and oxygen atoms in total. The van der Waals surface area contributed by atoms with E-state index in [1.54, 1.807) is 13.0 Å². The number of fused-ring (bicyclic) bond motifs is 3. The van der Waals surface area contributed by atoms with Crippen molar-refractivity contribution in [2.75, 3.05) is 6.61 Å². The predicted octanol–water partition coefficient (Wildman–Crippen LogP) is 2.87. The van der Waals surface area contributed by atoms with Crippen molar-refractivity contribution in [3.8, 4) is 0 Å². The van der Waals surface area contributed by atoms with Gasteiger partial charge in [-0.05, 0) is 25.0 Å². The molecule has 0 amide bonds. The molecular formula is C15H13F3N2O2. The average molecular weight is 310 g/mol. The van der Waals surface area contributed by atoms with Crippen molar-refractivity contribution in [3.05, 3.63) is 45.4 Å². The van der Waals surface area contributed by atoms with E-state index >= 15 is 0 Å². The highest BCUT2D eigenvalue weighted by atomic mass is 19.4. The van der Waals surface area contributed by atoms with E-state index in [4.69, 9.17) is 5.11 Å². The van der Waals surface area contributed by atoms with Crippen LogP contribution < -0.4 is 5.56 Å². The van der Waals surface area contributed by atoms with E-state index in [1.165, 1.54) is 6.07 Å². The van der Waals surface area contributed by atoms with E-state index in [-0.39, 0.29) is 17.5 Å². The quantitative estimate of drug-likeness (QED) is 0.681. The van der Waals surface area contributed by atoms with Crippen LogP contribution in [0.4, 0.5) is 13.2 Å². The van der Waals surface area contributed by atoms with Crippen LogP contribution in [0.3, 0.4) is 0 Å². The van der Waals surface area contributed by atoms with Crippen LogP contribution in [0.2, 0.25) is 0 Å². The summed E-state index contributed by atoms with van der Waals surface area (Å²) >= 11 is 0. The van der Waals surface area contributed by atoms with Crippen molar-refractivity contribution in [1.29, 1.82) is 0 Å². The normalized spacial score (nSPS) is 12.4. The van der Waals surface area contributed by atoms with Gasteiger partial charge in [-0.2, -0.15) is 13.2 Å². The molecule has 0 spiro atoms. The van der Waals surface area contributed by atoms with E-state index < -0.39 is 17.3 Å². The van der Waals surface area contributed by atoms with Gasteiger partial charge in [-0.1, -0.05) is 6.07 Å². The first-order valence-electron chi connectivity index (χ1n) is 6.68. The summed E-state index contributed by atoms with van der Waals surface area (Å²) in [5, 5.41) is 9.68. The molecule has 3 N–H and O–H groups in total. The van der Waals surface area contributed by atoms with Gasteiger partial charge in [0.05, 0.1) is 16.6 Å². The van der Waals surface area contributed by atoms with E-state index in [0.29, 0.717) is 29.1 Å². The lowest BCUT2D eigenvalue weighted by atomic mass is 10.0. The van der Waals surface area contributed by atoms with Gasteiger partial charge in [-0.25, -0.2) is 0 Å². The number of benzene rings is 1. The number of aromatic amines is 2. The molecule has 3 rings (SSSR count). The number of halogens is 3. The third kappa shape index (κ3) is 2.18. The number of aryl methyl sites for hydroxylation is 1. The van der Waals surface area contributed by atoms with Crippen LogP contribution in [0.25, 0.3) is 21.8 Å². The van der Waals surface area contributed by atoms with Crippen molar-refractivity contribution in [3.63, 3.8) is 0 Å². The Labute approximate surface area is 122 Å². The lowest BCUT2D eigenvalue weighted by molar-refractivity contribution is -0.136. The molecule has 22 heavy (non-hydrogen) atoms. The molecule has 0 unspecified atom stereocenters. The summed E-state index contributed by atoms with van der Waals surface area (Å²) in [7, 11) is 0. The second-order valence-electron chi connectivity index (χ2n) is 5.16. The highest BCUT2D eigenvalue weighted by Gasteiger charge is 2.34. The summed E-state index contributed by atoms with van der Waals surface area (Å²) in [5.74, 6) is 0. The van der Waals surface area contributed by atoms with Crippen LogP contribution in [0.15, 0.2) is 23.0 Å². The second kappa shape index (κ2) is 4.88. The van der Waals surface area contributed by atoms with Crippen molar-refractivity contribution in [2.45, 2.75) is 19.5 Å². The van der Waals surface area contributed by atoms with Crippen LogP contribution in [0.5, 0.6) is 0 Å². The van der Waals surface area contributed by atoms with Crippen LogP contribution in [0.1, 0.15) is 16.8 Å². The minimum Gasteiger partial charge on any atom is -0.396 e. The summed E-state index contributed by atoms with van der Waals surface area (Å²) in [6.45, 7) is 1.65. The Morgan fingerprint density at radius 2 is 1.95 bits per heavy atom. The van der Waals surface area contributed by atoms with E-state index in [1.807, 2.05) is 0 Å². The third-order valence-corrected chi connectivity index (χ3v) is 3.77. The number of pyridine rings is 1. The van der Waals surface area contributed by atoms with Crippen LogP contribution in [-0.2, 0) is 12.6 Å². The largest absolute Gasteiger partial charge is 0.417 e. The van der Waals surface area contributed by atoms with Gasteiger partial charge in [-0.3, -0.25) is 4.79 Å². The number of aromatic nitrogens is 2. The molecular weight excluding hydrogens is 297 g/mol. The Kier molecular flexibility index (Phi) is 3.25. The topological polar surface area (TPSA) is 68.9 Å². The van der Waals surface area contributed by atoms with Crippen molar-refractivity contribution >= 4 is 21.8 Å². The molecule has 0 saturated heterocycles. The van der Waals surface area contributed by atoms with Gasteiger partial charge in [0.1, 0.15) is 0 Å². The van der Waals surface area contributed by atoms with Gasteiger partial charge in [0.2, 0.25) is 5.56 Å². The molecule has 1 aromatic carbocycles. The predicted molar refractivity (Wildman–Crippen MR) is 77.0 cm³/mol. The first kappa shape index (κ1) is 14.6. The number of rotatable bonds is 2. The molecule has 0 atom stereocenters. The Morgan fingerprint density at radius 1 is 1.23 bits per heavy atom. The molecule has 116 valence electrons. The summed E-state index contributed by atoms with van der Waals surface area (Å²) in [4.78, 5) is 16.8. The zero-order chi connectivity index (χ0) is 16.1. The minimum absolute atomic E-state index is 0.0584. The average Bonchev–Trinajstić information content (AvgIpc) is 2.73.